The van der Waals surface area contributed by atoms with Gasteiger partial charge < -0.3 is 0 Å². The van der Waals surface area contributed by atoms with Crippen LogP contribution in [0.5, 0.6) is 0 Å². The molecule has 24 heavy (non-hydrogen) atoms. The van der Waals surface area contributed by atoms with E-state index in [0.717, 1.165) is 0 Å². The van der Waals surface area contributed by atoms with Crippen LogP contribution in [0.1, 0.15) is 25.3 Å². The molecule has 0 N–H and O–H groups in total. The van der Waals surface area contributed by atoms with E-state index in [-0.39, 0.29) is 0 Å². The van der Waals surface area contributed by atoms with E-state index in [9.17, 15) is 0 Å². The Morgan fingerprint density at radius 3 is 1.96 bits per heavy atom. The molecule has 0 unspecified atom stereocenters. The van der Waals surface area contributed by atoms with Crippen LogP contribution in [-0.4, -0.2) is 8.07 Å². The highest BCUT2D eigenvalue weighted by Crippen LogP contribution is 2.36. The second-order valence-corrected chi connectivity index (χ2v) is 13.2. The fourth-order valence-electron chi connectivity index (χ4n) is 4.10. The van der Waals surface area contributed by atoms with Crippen molar-refractivity contribution >= 4 is 45.6 Å². The third kappa shape index (κ3) is 2.34. The molecule has 0 nitrogen and oxygen atoms in total. The van der Waals surface area contributed by atoms with Crippen molar-refractivity contribution in [2.45, 2.75) is 45.8 Å². The summed E-state index contributed by atoms with van der Waals surface area (Å²) in [5.41, 5.74) is 1.51. The van der Waals surface area contributed by atoms with E-state index in [1.807, 2.05) is 0 Å². The van der Waals surface area contributed by atoms with Gasteiger partial charge in [0.25, 0.3) is 0 Å². The van der Waals surface area contributed by atoms with E-state index in [2.05, 4.69) is 75.1 Å². The Labute approximate surface area is 145 Å². The Balaban J connectivity index is 2.13. The third-order valence-corrected chi connectivity index (χ3v) is 7.41. The van der Waals surface area contributed by atoms with Crippen LogP contribution in [0.3, 0.4) is 0 Å². The fraction of sp³-hybridized carbons (Fsp3) is 0.304. The molecule has 0 heterocycles. The SMILES string of the molecule is CCCCc1ccc2ccc3ccc([Si](C)(C)C)c4ccc1c2c34. The molecule has 1 heteroatoms. The van der Waals surface area contributed by atoms with Crippen LogP contribution in [0, 0.1) is 0 Å². The van der Waals surface area contributed by atoms with Crippen LogP contribution in [0.2, 0.25) is 19.6 Å². The lowest BCUT2D eigenvalue weighted by atomic mass is 9.90. The molecule has 0 aliphatic heterocycles. The molecule has 122 valence electrons. The van der Waals surface area contributed by atoms with Gasteiger partial charge in [-0.3, -0.25) is 0 Å². The normalized spacial score (nSPS) is 12.7. The maximum Gasteiger partial charge on any atom is 0.0784 e. The van der Waals surface area contributed by atoms with Crippen molar-refractivity contribution in [2.75, 3.05) is 0 Å². The number of unbranched alkanes of at least 4 members (excludes halogenated alkanes) is 1. The molecular formula is C23H26Si. The Hall–Kier alpha value is -1.86. The predicted octanol–water partition coefficient (Wildman–Crippen LogP) is 6.47. The van der Waals surface area contributed by atoms with Crippen molar-refractivity contribution in [2.24, 2.45) is 0 Å². The highest BCUT2D eigenvalue weighted by Gasteiger charge is 2.21. The molecule has 0 saturated carbocycles. The molecule has 0 spiro atoms. The van der Waals surface area contributed by atoms with Crippen molar-refractivity contribution in [1.29, 1.82) is 0 Å². The van der Waals surface area contributed by atoms with Crippen molar-refractivity contribution in [3.8, 4) is 0 Å². The molecule has 0 fully saturated rings. The molecule has 0 atom stereocenters. The minimum atomic E-state index is -1.36. The second-order valence-electron chi connectivity index (χ2n) is 8.11. The second kappa shape index (κ2) is 5.60. The summed E-state index contributed by atoms with van der Waals surface area (Å²) in [6.45, 7) is 9.62. The number of hydrogen-bond acceptors (Lipinski definition) is 0. The highest BCUT2D eigenvalue weighted by molar-refractivity contribution is 6.90. The number of rotatable bonds is 4. The molecule has 0 aliphatic carbocycles. The summed E-state index contributed by atoms with van der Waals surface area (Å²) in [6, 6.07) is 18.8. The van der Waals surface area contributed by atoms with Crippen LogP contribution in [0.25, 0.3) is 32.3 Å². The van der Waals surface area contributed by atoms with Crippen molar-refractivity contribution in [3.63, 3.8) is 0 Å². The van der Waals surface area contributed by atoms with Gasteiger partial charge in [0.05, 0.1) is 8.07 Å². The number of hydrogen-bond donors (Lipinski definition) is 0. The zero-order valence-electron chi connectivity index (χ0n) is 15.2. The van der Waals surface area contributed by atoms with E-state index < -0.39 is 8.07 Å². The zero-order valence-corrected chi connectivity index (χ0v) is 16.2. The smallest absolute Gasteiger partial charge is 0.0656 e. The molecule has 4 aromatic carbocycles. The molecule has 0 saturated heterocycles. The van der Waals surface area contributed by atoms with Gasteiger partial charge in [-0.1, -0.05) is 86.7 Å². The van der Waals surface area contributed by atoms with E-state index in [0.29, 0.717) is 0 Å². The highest BCUT2D eigenvalue weighted by atomic mass is 28.3. The maximum atomic E-state index is 2.45. The minimum absolute atomic E-state index is 1.19. The first-order chi connectivity index (χ1) is 11.5. The lowest BCUT2D eigenvalue weighted by Gasteiger charge is -2.22. The van der Waals surface area contributed by atoms with E-state index in [1.165, 1.54) is 57.1 Å². The Kier molecular flexibility index (Phi) is 3.65. The summed E-state index contributed by atoms with van der Waals surface area (Å²) in [4.78, 5) is 0. The predicted molar refractivity (Wildman–Crippen MR) is 112 cm³/mol. The molecule has 0 bridgehead atoms. The number of benzene rings is 4. The summed E-state index contributed by atoms with van der Waals surface area (Å²) in [7, 11) is -1.36. The molecule has 0 radical (unpaired) electrons. The maximum absolute atomic E-state index is 2.45. The molecule has 0 amide bonds. The van der Waals surface area contributed by atoms with Gasteiger partial charge in [-0.15, -0.1) is 0 Å². The summed E-state index contributed by atoms with van der Waals surface area (Å²) in [6.07, 6.45) is 3.71. The van der Waals surface area contributed by atoms with Crippen molar-refractivity contribution in [3.05, 3.63) is 54.1 Å². The van der Waals surface area contributed by atoms with Crippen LogP contribution >= 0.6 is 0 Å². The Morgan fingerprint density at radius 2 is 1.29 bits per heavy atom. The summed E-state index contributed by atoms with van der Waals surface area (Å²) in [5.74, 6) is 0. The fourth-order valence-corrected chi connectivity index (χ4v) is 5.70. The van der Waals surface area contributed by atoms with Gasteiger partial charge in [-0.2, -0.15) is 0 Å². The van der Waals surface area contributed by atoms with Crippen molar-refractivity contribution < 1.29 is 0 Å². The zero-order chi connectivity index (χ0) is 16.9. The van der Waals surface area contributed by atoms with Gasteiger partial charge in [-0.05, 0) is 50.7 Å². The standard InChI is InChI=1S/C23H26Si/c1-5-6-7-16-8-9-17-10-11-18-12-15-21(24(2,3)4)20-14-13-19(16)22(17)23(18)20/h8-15H,5-7H2,1-4H3. The lowest BCUT2D eigenvalue weighted by molar-refractivity contribution is 0.799. The Bertz CT molecular complexity index is 1020. The van der Waals surface area contributed by atoms with Crippen LogP contribution < -0.4 is 5.19 Å². The first kappa shape index (κ1) is 15.7. The van der Waals surface area contributed by atoms with E-state index >= 15 is 0 Å². The largest absolute Gasteiger partial charge is 0.0784 e. The van der Waals surface area contributed by atoms with Gasteiger partial charge in [0.1, 0.15) is 0 Å². The molecule has 0 aliphatic rings. The summed E-state index contributed by atoms with van der Waals surface area (Å²) in [5, 5.41) is 10.3. The molecule has 4 rings (SSSR count). The molecular weight excluding hydrogens is 304 g/mol. The average Bonchev–Trinajstić information content (AvgIpc) is 2.57. The first-order valence-electron chi connectivity index (χ1n) is 9.20. The Morgan fingerprint density at radius 1 is 0.708 bits per heavy atom. The number of aryl methyl sites for hydroxylation is 1. The van der Waals surface area contributed by atoms with Crippen LogP contribution in [0.4, 0.5) is 0 Å². The summed E-state index contributed by atoms with van der Waals surface area (Å²) < 4.78 is 0. The van der Waals surface area contributed by atoms with Gasteiger partial charge >= 0.3 is 0 Å². The molecule has 0 aromatic heterocycles. The van der Waals surface area contributed by atoms with Gasteiger partial charge in [0.15, 0.2) is 0 Å². The van der Waals surface area contributed by atoms with Gasteiger partial charge in [0.2, 0.25) is 0 Å². The van der Waals surface area contributed by atoms with Crippen LogP contribution in [-0.2, 0) is 6.42 Å². The lowest BCUT2D eigenvalue weighted by Crippen LogP contribution is -2.38. The quantitative estimate of drug-likeness (QED) is 0.297. The van der Waals surface area contributed by atoms with E-state index in [1.54, 1.807) is 5.19 Å². The third-order valence-electron chi connectivity index (χ3n) is 5.36. The monoisotopic (exact) mass is 330 g/mol. The minimum Gasteiger partial charge on any atom is -0.0656 e. The first-order valence-corrected chi connectivity index (χ1v) is 12.7. The van der Waals surface area contributed by atoms with Gasteiger partial charge in [0, 0.05) is 0 Å². The van der Waals surface area contributed by atoms with Crippen LogP contribution in [0.15, 0.2) is 48.5 Å². The average molecular weight is 331 g/mol. The van der Waals surface area contributed by atoms with Gasteiger partial charge in [-0.25, -0.2) is 0 Å². The van der Waals surface area contributed by atoms with Crippen molar-refractivity contribution in [1.82, 2.24) is 0 Å². The summed E-state index contributed by atoms with van der Waals surface area (Å²) >= 11 is 0. The topological polar surface area (TPSA) is 0 Å². The van der Waals surface area contributed by atoms with E-state index in [4.69, 9.17) is 0 Å². The molecule has 4 aromatic rings.